The summed E-state index contributed by atoms with van der Waals surface area (Å²) in [4.78, 5) is 37.9. The number of rotatable bonds is 5. The van der Waals surface area contributed by atoms with Gasteiger partial charge < -0.3 is 10.2 Å². The normalized spacial score (nSPS) is 41.8. The second-order valence-corrected chi connectivity index (χ2v) is 13.4. The second-order valence-electron chi connectivity index (χ2n) is 13.4. The summed E-state index contributed by atoms with van der Waals surface area (Å²) in [5, 5.41) is 20.9. The van der Waals surface area contributed by atoms with Gasteiger partial charge in [0.1, 0.15) is 5.78 Å². The molecule has 4 rings (SSSR count). The van der Waals surface area contributed by atoms with Gasteiger partial charge in [-0.15, -0.1) is 0 Å². The second kappa shape index (κ2) is 8.39. The fourth-order valence-corrected chi connectivity index (χ4v) is 9.05. The van der Waals surface area contributed by atoms with E-state index in [2.05, 4.69) is 27.7 Å². The predicted molar refractivity (Wildman–Crippen MR) is 136 cm³/mol. The predicted octanol–water partition coefficient (Wildman–Crippen LogP) is 5.90. The Morgan fingerprint density at radius 2 is 1.80 bits per heavy atom. The molecule has 0 aromatic heterocycles. The van der Waals surface area contributed by atoms with Crippen molar-refractivity contribution in [3.8, 4) is 0 Å². The minimum atomic E-state index is -0.872. The van der Waals surface area contributed by atoms with Crippen molar-refractivity contribution in [3.05, 3.63) is 22.8 Å². The number of aliphatic hydroxyl groups is 1. The Hall–Kier alpha value is -1.75. The van der Waals surface area contributed by atoms with Crippen molar-refractivity contribution in [3.63, 3.8) is 0 Å². The minimum absolute atomic E-state index is 0.0644. The number of fused-ring (bicyclic) bond motifs is 4. The van der Waals surface area contributed by atoms with Crippen molar-refractivity contribution in [1.29, 1.82) is 0 Å². The van der Waals surface area contributed by atoms with Gasteiger partial charge >= 0.3 is 5.97 Å². The summed E-state index contributed by atoms with van der Waals surface area (Å²) in [5.74, 6) is 0.166. The molecule has 0 aromatic carbocycles. The third kappa shape index (κ3) is 3.62. The SMILES string of the molecule is C/C(=C\CC[C@@H](C)C1CC[C@@]2(C)C3=C([C@H](O)C[C@]12C)[C@@]1(C)CCC(=O)C(C)(C)C1CC3=O)C(=O)O. The van der Waals surface area contributed by atoms with Crippen LogP contribution in [0.4, 0.5) is 0 Å². The van der Waals surface area contributed by atoms with E-state index in [0.29, 0.717) is 43.1 Å². The quantitative estimate of drug-likeness (QED) is 0.474. The number of hydrogen-bond acceptors (Lipinski definition) is 4. The summed E-state index contributed by atoms with van der Waals surface area (Å²) in [7, 11) is 0. The maximum Gasteiger partial charge on any atom is 0.330 e. The molecule has 0 saturated heterocycles. The molecule has 2 saturated carbocycles. The lowest BCUT2D eigenvalue weighted by molar-refractivity contribution is -0.144. The molecular formula is C30H44O5. The van der Waals surface area contributed by atoms with Crippen molar-refractivity contribution >= 4 is 17.5 Å². The van der Waals surface area contributed by atoms with Gasteiger partial charge in [0.05, 0.1) is 6.10 Å². The highest BCUT2D eigenvalue weighted by molar-refractivity contribution is 6.01. The Labute approximate surface area is 210 Å². The first kappa shape index (κ1) is 26.3. The highest BCUT2D eigenvalue weighted by Gasteiger charge is 2.67. The first-order valence-electron chi connectivity index (χ1n) is 13.5. The first-order valence-corrected chi connectivity index (χ1v) is 13.5. The molecule has 2 unspecified atom stereocenters. The summed E-state index contributed by atoms with van der Waals surface area (Å²) >= 11 is 0. The minimum Gasteiger partial charge on any atom is -0.478 e. The van der Waals surface area contributed by atoms with E-state index in [1.54, 1.807) is 6.92 Å². The largest absolute Gasteiger partial charge is 0.478 e. The van der Waals surface area contributed by atoms with Crippen LogP contribution < -0.4 is 0 Å². The van der Waals surface area contributed by atoms with Crippen LogP contribution in [-0.2, 0) is 14.4 Å². The van der Waals surface area contributed by atoms with Crippen LogP contribution in [0.25, 0.3) is 0 Å². The van der Waals surface area contributed by atoms with Crippen molar-refractivity contribution in [2.24, 2.45) is 39.4 Å². The molecule has 0 bridgehead atoms. The zero-order chi connectivity index (χ0) is 26.1. The van der Waals surface area contributed by atoms with Crippen molar-refractivity contribution < 1.29 is 24.6 Å². The lowest BCUT2D eigenvalue weighted by Crippen LogP contribution is -2.59. The van der Waals surface area contributed by atoms with E-state index in [-0.39, 0.29) is 33.7 Å². The van der Waals surface area contributed by atoms with Crippen molar-refractivity contribution in [2.75, 3.05) is 0 Å². The smallest absolute Gasteiger partial charge is 0.330 e. The molecule has 0 amide bonds. The number of aliphatic hydroxyl groups excluding tert-OH is 1. The van der Waals surface area contributed by atoms with Crippen LogP contribution in [0.1, 0.15) is 99.8 Å². The number of ketones is 2. The monoisotopic (exact) mass is 484 g/mol. The fourth-order valence-electron chi connectivity index (χ4n) is 9.05. The van der Waals surface area contributed by atoms with Gasteiger partial charge in [-0.3, -0.25) is 9.59 Å². The van der Waals surface area contributed by atoms with E-state index < -0.39 is 17.5 Å². The van der Waals surface area contributed by atoms with Gasteiger partial charge in [0.15, 0.2) is 5.78 Å². The lowest BCUT2D eigenvalue weighted by Gasteiger charge is -2.61. The van der Waals surface area contributed by atoms with E-state index >= 15 is 0 Å². The van der Waals surface area contributed by atoms with Gasteiger partial charge in [-0.05, 0) is 79.6 Å². The molecule has 2 fully saturated rings. The Bertz CT molecular complexity index is 1020. The van der Waals surface area contributed by atoms with E-state index in [9.17, 15) is 19.5 Å². The van der Waals surface area contributed by atoms with E-state index in [1.165, 1.54) is 0 Å². The maximum absolute atomic E-state index is 13.9. The van der Waals surface area contributed by atoms with Gasteiger partial charge in [0, 0.05) is 34.8 Å². The molecule has 4 aliphatic carbocycles. The first-order chi connectivity index (χ1) is 16.1. The van der Waals surface area contributed by atoms with Crippen LogP contribution >= 0.6 is 0 Å². The number of carboxylic acid groups (broad SMARTS) is 1. The van der Waals surface area contributed by atoms with Gasteiger partial charge in [0.2, 0.25) is 0 Å². The van der Waals surface area contributed by atoms with Gasteiger partial charge in [-0.1, -0.05) is 47.6 Å². The van der Waals surface area contributed by atoms with Crippen molar-refractivity contribution in [2.45, 2.75) is 106 Å². The average molecular weight is 485 g/mol. The molecule has 7 atom stereocenters. The fraction of sp³-hybridized carbons (Fsp3) is 0.767. The standard InChI is InChI=1S/C30H44O5/c1-17(9-8-10-18(2)26(34)35)19-11-14-29(6)25-20(31)15-22-27(3,4)23(33)12-13-28(22,5)24(25)21(32)16-30(19,29)7/h10,17,19,21-22,32H,8-9,11-16H2,1-7H3,(H,34,35)/b18-10+/t17-,19?,21-,22?,28+,29+,30-/m1/s1. The van der Waals surface area contributed by atoms with Gasteiger partial charge in [-0.25, -0.2) is 4.79 Å². The maximum atomic E-state index is 13.9. The third-order valence-electron chi connectivity index (χ3n) is 11.4. The summed E-state index contributed by atoms with van der Waals surface area (Å²) in [6.45, 7) is 14.6. The molecule has 0 spiro atoms. The van der Waals surface area contributed by atoms with Gasteiger partial charge in [0.25, 0.3) is 0 Å². The average Bonchev–Trinajstić information content (AvgIpc) is 3.03. The molecule has 0 radical (unpaired) electrons. The zero-order valence-electron chi connectivity index (χ0n) is 22.7. The lowest BCUT2D eigenvalue weighted by atomic mass is 9.42. The Morgan fingerprint density at radius 1 is 1.14 bits per heavy atom. The summed E-state index contributed by atoms with van der Waals surface area (Å²) in [5.41, 5.74) is 0.849. The van der Waals surface area contributed by atoms with E-state index in [0.717, 1.165) is 36.8 Å². The highest BCUT2D eigenvalue weighted by Crippen LogP contribution is 2.71. The molecule has 5 heteroatoms. The Morgan fingerprint density at radius 3 is 2.43 bits per heavy atom. The molecule has 0 aromatic rings. The van der Waals surface area contributed by atoms with Crippen LogP contribution in [0.3, 0.4) is 0 Å². The molecule has 35 heavy (non-hydrogen) atoms. The number of hydrogen-bond donors (Lipinski definition) is 2. The number of Topliss-reactive ketones (excluding diaryl/α,β-unsaturated/α-hetero) is 2. The molecular weight excluding hydrogens is 440 g/mol. The van der Waals surface area contributed by atoms with Crippen LogP contribution in [-0.4, -0.2) is 33.9 Å². The third-order valence-corrected chi connectivity index (χ3v) is 11.4. The summed E-state index contributed by atoms with van der Waals surface area (Å²) in [6, 6.07) is 0. The number of aliphatic carboxylic acids is 1. The molecule has 4 aliphatic rings. The molecule has 0 aliphatic heterocycles. The Balaban J connectivity index is 1.71. The van der Waals surface area contributed by atoms with E-state index in [4.69, 9.17) is 5.11 Å². The topological polar surface area (TPSA) is 91.7 Å². The van der Waals surface area contributed by atoms with Crippen LogP contribution in [0.2, 0.25) is 0 Å². The van der Waals surface area contributed by atoms with Crippen LogP contribution in [0, 0.1) is 39.4 Å². The summed E-state index contributed by atoms with van der Waals surface area (Å²) in [6.07, 6.45) is 6.97. The van der Waals surface area contributed by atoms with Crippen LogP contribution in [0.5, 0.6) is 0 Å². The highest BCUT2D eigenvalue weighted by atomic mass is 16.4. The molecule has 0 heterocycles. The summed E-state index contributed by atoms with van der Waals surface area (Å²) < 4.78 is 0. The Kier molecular flexibility index (Phi) is 6.31. The zero-order valence-corrected chi connectivity index (χ0v) is 22.7. The van der Waals surface area contributed by atoms with Crippen molar-refractivity contribution in [1.82, 2.24) is 0 Å². The number of allylic oxidation sites excluding steroid dienone is 2. The van der Waals surface area contributed by atoms with Gasteiger partial charge in [-0.2, -0.15) is 0 Å². The molecule has 194 valence electrons. The number of carboxylic acids is 1. The number of carbonyl (C=O) groups is 3. The number of carbonyl (C=O) groups excluding carboxylic acids is 2. The molecule has 5 nitrogen and oxygen atoms in total. The molecule has 2 N–H and O–H groups in total. The van der Waals surface area contributed by atoms with Crippen LogP contribution in [0.15, 0.2) is 22.8 Å². The van der Waals surface area contributed by atoms with E-state index in [1.807, 2.05) is 19.9 Å².